The first kappa shape index (κ1) is 19.7. The fourth-order valence-electron chi connectivity index (χ4n) is 3.88. The highest BCUT2D eigenvalue weighted by Crippen LogP contribution is 2.33. The van der Waals surface area contributed by atoms with Gasteiger partial charge in [-0.1, -0.05) is 19.9 Å². The molecule has 0 bridgehead atoms. The third-order valence-electron chi connectivity index (χ3n) is 5.72. The number of carboxylic acid groups (broad SMARTS) is 1. The van der Waals surface area contributed by atoms with E-state index >= 15 is 0 Å². The summed E-state index contributed by atoms with van der Waals surface area (Å²) in [5, 5.41) is 15.1. The average molecular weight is 373 g/mol. The van der Waals surface area contributed by atoms with Gasteiger partial charge in [0, 0.05) is 24.3 Å². The van der Waals surface area contributed by atoms with Crippen molar-refractivity contribution in [3.8, 4) is 0 Å². The second-order valence-electron chi connectivity index (χ2n) is 7.88. The van der Waals surface area contributed by atoms with Crippen molar-refractivity contribution in [1.29, 1.82) is 0 Å². The molecule has 6 heteroatoms. The van der Waals surface area contributed by atoms with E-state index in [4.69, 9.17) is 5.11 Å². The molecule has 3 rings (SSSR count). The second-order valence-corrected chi connectivity index (χ2v) is 7.88. The Bertz CT molecular complexity index is 681. The Morgan fingerprint density at radius 1 is 1.15 bits per heavy atom. The molecule has 2 aliphatic carbocycles. The Balaban J connectivity index is 1.46. The number of carbonyl (C=O) groups is 2. The van der Waals surface area contributed by atoms with Gasteiger partial charge in [-0.2, -0.15) is 0 Å². The van der Waals surface area contributed by atoms with Crippen LogP contribution in [0, 0.1) is 5.92 Å². The molecule has 27 heavy (non-hydrogen) atoms. The third kappa shape index (κ3) is 5.45. The van der Waals surface area contributed by atoms with Crippen molar-refractivity contribution in [2.24, 2.45) is 5.92 Å². The van der Waals surface area contributed by atoms with Gasteiger partial charge in [0.2, 0.25) is 0 Å². The number of rotatable bonds is 9. The number of carbonyl (C=O) groups excluding carboxylic acids is 1. The first-order chi connectivity index (χ1) is 13.0. The highest BCUT2D eigenvalue weighted by molar-refractivity contribution is 5.89. The van der Waals surface area contributed by atoms with Crippen LogP contribution >= 0.6 is 0 Å². The summed E-state index contributed by atoms with van der Waals surface area (Å²) in [6.07, 6.45) is 6.01. The molecule has 0 spiro atoms. The summed E-state index contributed by atoms with van der Waals surface area (Å²) in [5.74, 6) is -0.106. The number of aryl methyl sites for hydroxylation is 2. The lowest BCUT2D eigenvalue weighted by atomic mass is 9.85. The molecule has 0 unspecified atom stereocenters. The molecule has 148 valence electrons. The van der Waals surface area contributed by atoms with E-state index in [-0.39, 0.29) is 24.7 Å². The molecule has 1 aromatic rings. The van der Waals surface area contributed by atoms with Crippen LogP contribution in [0.5, 0.6) is 0 Å². The normalized spacial score (nSPS) is 21.6. The van der Waals surface area contributed by atoms with Crippen molar-refractivity contribution >= 4 is 17.7 Å². The Morgan fingerprint density at radius 2 is 1.85 bits per heavy atom. The van der Waals surface area contributed by atoms with E-state index < -0.39 is 5.97 Å². The maximum Gasteiger partial charge on any atom is 0.319 e. The monoisotopic (exact) mass is 373 g/mol. The lowest BCUT2D eigenvalue weighted by Gasteiger charge is -2.42. The van der Waals surface area contributed by atoms with Gasteiger partial charge < -0.3 is 15.7 Å². The molecule has 0 saturated heterocycles. The van der Waals surface area contributed by atoms with Crippen molar-refractivity contribution in [2.75, 3.05) is 18.4 Å². The minimum atomic E-state index is -0.771. The number of amides is 2. The highest BCUT2D eigenvalue weighted by atomic mass is 16.4. The second kappa shape index (κ2) is 8.74. The Kier molecular flexibility index (Phi) is 6.37. The van der Waals surface area contributed by atoms with Gasteiger partial charge in [-0.25, -0.2) is 4.79 Å². The summed E-state index contributed by atoms with van der Waals surface area (Å²) < 4.78 is 0. The van der Waals surface area contributed by atoms with Gasteiger partial charge in [0.15, 0.2) is 0 Å². The van der Waals surface area contributed by atoms with Crippen LogP contribution in [0.15, 0.2) is 18.2 Å². The van der Waals surface area contributed by atoms with E-state index in [0.717, 1.165) is 37.9 Å². The molecule has 0 aliphatic heterocycles. The number of hydrogen-bond donors (Lipinski definition) is 3. The van der Waals surface area contributed by atoms with E-state index in [0.29, 0.717) is 5.92 Å². The smallest absolute Gasteiger partial charge is 0.319 e. The summed E-state index contributed by atoms with van der Waals surface area (Å²) in [6, 6.07) is 6.28. The molecule has 2 aliphatic rings. The SMILES string of the molecule is CCc1ccc(NC(=O)NC2CC(N(CC(=O)O)CC3CC3)C2)cc1CC. The number of nitrogens with zero attached hydrogens (tertiary/aromatic N) is 1. The lowest BCUT2D eigenvalue weighted by Crippen LogP contribution is -2.55. The number of anilines is 1. The molecule has 0 heterocycles. The van der Waals surface area contributed by atoms with E-state index in [1.165, 1.54) is 24.0 Å². The Hall–Kier alpha value is -2.08. The molecule has 2 amide bonds. The standard InChI is InChI=1S/C21H31N3O3/c1-3-15-7-8-17(9-16(15)4-2)22-21(27)23-18-10-19(11-18)24(13-20(25)26)12-14-5-6-14/h7-9,14,18-19H,3-6,10-13H2,1-2H3,(H,25,26)(H2,22,23,27). The van der Waals surface area contributed by atoms with Gasteiger partial charge in [0.25, 0.3) is 0 Å². The molecular weight excluding hydrogens is 342 g/mol. The minimum absolute atomic E-state index is 0.101. The van der Waals surface area contributed by atoms with Crippen molar-refractivity contribution < 1.29 is 14.7 Å². The quantitative estimate of drug-likeness (QED) is 0.621. The number of hydrogen-bond acceptors (Lipinski definition) is 3. The molecule has 6 nitrogen and oxygen atoms in total. The summed E-state index contributed by atoms with van der Waals surface area (Å²) in [4.78, 5) is 25.5. The van der Waals surface area contributed by atoms with Crippen LogP contribution in [0.3, 0.4) is 0 Å². The minimum Gasteiger partial charge on any atom is -0.480 e. The fraction of sp³-hybridized carbons (Fsp3) is 0.619. The number of carboxylic acids is 1. The molecule has 2 saturated carbocycles. The molecule has 0 atom stereocenters. The van der Waals surface area contributed by atoms with Gasteiger partial charge in [-0.3, -0.25) is 9.69 Å². The first-order valence-corrected chi connectivity index (χ1v) is 10.1. The number of aliphatic carboxylic acids is 1. The van der Waals surface area contributed by atoms with Crippen LogP contribution < -0.4 is 10.6 Å². The number of nitrogens with one attached hydrogen (secondary N) is 2. The average Bonchev–Trinajstić information content (AvgIpc) is 3.40. The van der Waals surface area contributed by atoms with Gasteiger partial charge >= 0.3 is 12.0 Å². The molecule has 0 radical (unpaired) electrons. The van der Waals surface area contributed by atoms with Crippen molar-refractivity contribution in [2.45, 2.75) is 64.5 Å². The predicted octanol–water partition coefficient (Wildman–Crippen LogP) is 3.26. The van der Waals surface area contributed by atoms with Gasteiger partial charge in [-0.05, 0) is 67.7 Å². The number of benzene rings is 1. The molecule has 1 aromatic carbocycles. The summed E-state index contributed by atoms with van der Waals surface area (Å²) in [6.45, 7) is 5.23. The fourth-order valence-corrected chi connectivity index (χ4v) is 3.88. The first-order valence-electron chi connectivity index (χ1n) is 10.1. The Morgan fingerprint density at radius 3 is 2.44 bits per heavy atom. The largest absolute Gasteiger partial charge is 0.480 e. The van der Waals surface area contributed by atoms with Crippen LogP contribution in [-0.2, 0) is 17.6 Å². The topological polar surface area (TPSA) is 81.7 Å². The molecule has 0 aromatic heterocycles. The molecule has 2 fully saturated rings. The lowest BCUT2D eigenvalue weighted by molar-refractivity contribution is -0.139. The van der Waals surface area contributed by atoms with E-state index in [9.17, 15) is 9.59 Å². The zero-order valence-electron chi connectivity index (χ0n) is 16.3. The van der Waals surface area contributed by atoms with Gasteiger partial charge in [0.1, 0.15) is 0 Å². The van der Waals surface area contributed by atoms with Crippen molar-refractivity contribution in [1.82, 2.24) is 10.2 Å². The van der Waals surface area contributed by atoms with Crippen LogP contribution in [0.4, 0.5) is 10.5 Å². The van der Waals surface area contributed by atoms with Crippen LogP contribution in [0.2, 0.25) is 0 Å². The van der Waals surface area contributed by atoms with E-state index in [1.54, 1.807) is 0 Å². The van der Waals surface area contributed by atoms with Crippen molar-refractivity contribution in [3.05, 3.63) is 29.3 Å². The maximum absolute atomic E-state index is 12.3. The molecule has 3 N–H and O–H groups in total. The van der Waals surface area contributed by atoms with Crippen LogP contribution in [0.25, 0.3) is 0 Å². The maximum atomic E-state index is 12.3. The zero-order chi connectivity index (χ0) is 19.4. The zero-order valence-corrected chi connectivity index (χ0v) is 16.3. The predicted molar refractivity (Wildman–Crippen MR) is 106 cm³/mol. The third-order valence-corrected chi connectivity index (χ3v) is 5.72. The summed E-state index contributed by atoms with van der Waals surface area (Å²) >= 11 is 0. The molecular formula is C21H31N3O3. The van der Waals surface area contributed by atoms with Crippen LogP contribution in [0.1, 0.15) is 50.7 Å². The highest BCUT2D eigenvalue weighted by Gasteiger charge is 2.37. The van der Waals surface area contributed by atoms with Crippen molar-refractivity contribution in [3.63, 3.8) is 0 Å². The summed E-state index contributed by atoms with van der Waals surface area (Å²) in [5.41, 5.74) is 3.40. The number of urea groups is 1. The van der Waals surface area contributed by atoms with Crippen LogP contribution in [-0.4, -0.2) is 47.2 Å². The Labute approximate surface area is 161 Å². The van der Waals surface area contributed by atoms with E-state index in [1.807, 2.05) is 12.1 Å². The summed E-state index contributed by atoms with van der Waals surface area (Å²) in [7, 11) is 0. The van der Waals surface area contributed by atoms with Gasteiger partial charge in [0.05, 0.1) is 6.54 Å². The van der Waals surface area contributed by atoms with E-state index in [2.05, 4.69) is 35.4 Å². The van der Waals surface area contributed by atoms with Gasteiger partial charge in [-0.15, -0.1) is 0 Å².